The van der Waals surface area contributed by atoms with Crippen molar-refractivity contribution in [1.29, 1.82) is 0 Å². The molecule has 58 heavy (non-hydrogen) atoms. The highest BCUT2D eigenvalue weighted by Gasteiger charge is 2.50. The highest BCUT2D eigenvalue weighted by atomic mass is 32.1. The average molecular weight is 817 g/mol. The fourth-order valence-electron chi connectivity index (χ4n) is 8.48. The summed E-state index contributed by atoms with van der Waals surface area (Å²) >= 11 is 1.31. The SMILES string of the molecule is CC[C@@H](F)CO[C@@H]1c2nc(cs2)-c2ccc3c(c2)c(c(-c2cccnc2[C@H](C)OC)n3CC)CC(C)(C)COC(=O)[C@@H]2CCCN(N2)C(=O)[C@H]1NC(=O)[C@H]1[C@H](C)[C@@H]1C. The number of benzene rings is 1. The molecule has 8 atom stereocenters. The Balaban J connectivity index is 1.40. The first-order chi connectivity index (χ1) is 27.8. The quantitative estimate of drug-likeness (QED) is 0.157. The van der Waals surface area contributed by atoms with Gasteiger partial charge in [-0.1, -0.05) is 40.7 Å². The number of hydrogen-bond donors (Lipinski definition) is 2. The van der Waals surface area contributed by atoms with Gasteiger partial charge in [-0.05, 0) is 81.2 Å². The molecule has 2 fully saturated rings. The molecule has 2 aliphatic heterocycles. The molecule has 14 heteroatoms. The van der Waals surface area contributed by atoms with Crippen LogP contribution in [0.5, 0.6) is 0 Å². The zero-order valence-corrected chi connectivity index (χ0v) is 35.7. The maximum atomic E-state index is 14.9. The molecule has 0 unspecified atom stereocenters. The lowest BCUT2D eigenvalue weighted by Crippen LogP contribution is -2.61. The second kappa shape index (κ2) is 17.2. The van der Waals surface area contributed by atoms with Crippen molar-refractivity contribution >= 4 is 40.0 Å². The van der Waals surface area contributed by atoms with Crippen LogP contribution in [0.25, 0.3) is 33.4 Å². The molecule has 312 valence electrons. The molecule has 3 aromatic heterocycles. The van der Waals surface area contributed by atoms with E-state index in [0.717, 1.165) is 39.0 Å². The Hall–Kier alpha value is -4.24. The van der Waals surface area contributed by atoms with Crippen molar-refractivity contribution in [2.45, 2.75) is 111 Å². The number of halogens is 1. The number of carbonyl (C=O) groups is 3. The normalized spacial score (nSPS) is 25.8. The van der Waals surface area contributed by atoms with E-state index in [1.54, 1.807) is 20.2 Å². The first-order valence-electron chi connectivity index (χ1n) is 20.7. The van der Waals surface area contributed by atoms with Gasteiger partial charge >= 0.3 is 5.97 Å². The van der Waals surface area contributed by atoms with Crippen LogP contribution in [0.3, 0.4) is 0 Å². The molecule has 3 aliphatic rings. The van der Waals surface area contributed by atoms with Gasteiger partial charge in [0.2, 0.25) is 5.91 Å². The number of cyclic esters (lactones) is 1. The third-order valence-corrected chi connectivity index (χ3v) is 13.2. The minimum atomic E-state index is -1.29. The minimum Gasteiger partial charge on any atom is -0.464 e. The van der Waals surface area contributed by atoms with E-state index in [2.05, 4.69) is 54.3 Å². The van der Waals surface area contributed by atoms with Crippen LogP contribution in [0.2, 0.25) is 0 Å². The van der Waals surface area contributed by atoms with Gasteiger partial charge in [-0.25, -0.2) is 14.8 Å². The smallest absolute Gasteiger partial charge is 0.324 e. The number of thiazole rings is 1. The van der Waals surface area contributed by atoms with Gasteiger partial charge in [-0.3, -0.25) is 24.4 Å². The third-order valence-electron chi connectivity index (χ3n) is 12.3. The van der Waals surface area contributed by atoms with Crippen molar-refractivity contribution in [2.75, 3.05) is 26.9 Å². The van der Waals surface area contributed by atoms with Gasteiger partial charge in [0.1, 0.15) is 29.4 Å². The lowest BCUT2D eigenvalue weighted by atomic mass is 9.84. The summed E-state index contributed by atoms with van der Waals surface area (Å²) in [5, 5.41) is 7.78. The van der Waals surface area contributed by atoms with E-state index in [-0.39, 0.29) is 49.4 Å². The van der Waals surface area contributed by atoms with Crippen LogP contribution in [0.1, 0.15) is 96.2 Å². The van der Waals surface area contributed by atoms with Crippen molar-refractivity contribution in [2.24, 2.45) is 23.2 Å². The van der Waals surface area contributed by atoms with Crippen molar-refractivity contribution < 1.29 is 33.0 Å². The van der Waals surface area contributed by atoms with Crippen molar-refractivity contribution in [3.8, 4) is 22.5 Å². The van der Waals surface area contributed by atoms with Crippen LogP contribution in [0.15, 0.2) is 41.9 Å². The summed E-state index contributed by atoms with van der Waals surface area (Å²) in [5.74, 6) is -1.17. The molecule has 0 spiro atoms. The number of nitrogens with zero attached hydrogens (tertiary/aromatic N) is 4. The molecule has 2 amide bonds. The topological polar surface area (TPSA) is 137 Å². The van der Waals surface area contributed by atoms with Gasteiger partial charge in [-0.15, -0.1) is 11.3 Å². The first kappa shape index (κ1) is 41.9. The predicted molar refractivity (Wildman–Crippen MR) is 221 cm³/mol. The van der Waals surface area contributed by atoms with Gasteiger partial charge in [0.05, 0.1) is 36.4 Å². The number of aryl methyl sites for hydroxylation is 1. The molecule has 0 radical (unpaired) electrons. The number of rotatable bonds is 10. The number of aromatic nitrogens is 3. The van der Waals surface area contributed by atoms with Gasteiger partial charge in [0, 0.05) is 65.1 Å². The van der Waals surface area contributed by atoms with Gasteiger partial charge < -0.3 is 24.1 Å². The summed E-state index contributed by atoms with van der Waals surface area (Å²) in [6, 6.07) is 8.29. The van der Waals surface area contributed by atoms with Crippen LogP contribution in [-0.4, -0.2) is 82.5 Å². The number of esters is 1. The molecule has 12 nitrogen and oxygen atoms in total. The number of amides is 2. The molecule has 1 saturated heterocycles. The second-order valence-corrected chi connectivity index (χ2v) is 17.8. The fourth-order valence-corrected chi connectivity index (χ4v) is 9.39. The maximum Gasteiger partial charge on any atom is 0.324 e. The molecular formula is C44H57FN6O6S. The number of pyridine rings is 1. The average Bonchev–Trinajstić information content (AvgIpc) is 3.50. The fraction of sp³-hybridized carbons (Fsp3) is 0.568. The zero-order valence-electron chi connectivity index (χ0n) is 34.8. The van der Waals surface area contributed by atoms with E-state index in [9.17, 15) is 18.8 Å². The molecular weight excluding hydrogens is 760 g/mol. The van der Waals surface area contributed by atoms with E-state index in [1.807, 2.05) is 38.3 Å². The Morgan fingerprint density at radius 1 is 1.19 bits per heavy atom. The number of methoxy groups -OCH3 is 1. The minimum absolute atomic E-state index is 0.133. The summed E-state index contributed by atoms with van der Waals surface area (Å²) in [6.45, 7) is 14.9. The molecule has 1 saturated carbocycles. The van der Waals surface area contributed by atoms with E-state index in [1.165, 1.54) is 16.3 Å². The Labute approximate surface area is 344 Å². The van der Waals surface area contributed by atoms with Crippen molar-refractivity contribution in [3.05, 3.63) is 58.2 Å². The van der Waals surface area contributed by atoms with E-state index >= 15 is 0 Å². The number of fused-ring (bicyclic) bond motifs is 6. The van der Waals surface area contributed by atoms with E-state index in [0.29, 0.717) is 43.1 Å². The standard InChI is InChI=1S/C44H57FN6O6S/c1-9-28(45)21-56-39-37(48-40(52)35-24(3)25(35)4)42(53)51-18-12-14-32(49-51)43(54)57-23-44(6,7)20-31-30-19-27(33-22-58-41(39)47-33)15-16-34(30)50(10-2)38(31)29-13-11-17-46-36(29)26(5)55-8/h11,13,15-17,19,22,24-26,28,32,35,37,39,49H,9-10,12,14,18,20-21,23H2,1-8H3,(H,48,52)/t24-,25+,26-,28+,32-,35+,37-,39-/m0/s1. The second-order valence-electron chi connectivity index (χ2n) is 16.9. The Morgan fingerprint density at radius 3 is 2.67 bits per heavy atom. The number of carbonyl (C=O) groups excluding carboxylic acids is 3. The van der Waals surface area contributed by atoms with E-state index in [4.69, 9.17) is 24.2 Å². The third kappa shape index (κ3) is 8.30. The Bertz CT molecular complexity index is 2140. The van der Waals surface area contributed by atoms with Crippen LogP contribution in [0.4, 0.5) is 4.39 Å². The highest BCUT2D eigenvalue weighted by Crippen LogP contribution is 2.46. The van der Waals surface area contributed by atoms with Crippen LogP contribution in [-0.2, 0) is 41.6 Å². The van der Waals surface area contributed by atoms with Crippen molar-refractivity contribution in [1.82, 2.24) is 30.3 Å². The zero-order chi connectivity index (χ0) is 41.5. The van der Waals surface area contributed by atoms with Crippen LogP contribution in [0, 0.1) is 23.2 Å². The predicted octanol–water partition coefficient (Wildman–Crippen LogP) is 7.37. The largest absolute Gasteiger partial charge is 0.464 e. The van der Waals surface area contributed by atoms with E-state index < -0.39 is 41.7 Å². The number of hydrogen-bond acceptors (Lipinski definition) is 10. The lowest BCUT2D eigenvalue weighted by molar-refractivity contribution is -0.157. The molecule has 1 aliphatic carbocycles. The molecule has 1 aromatic carbocycles. The number of ether oxygens (including phenoxy) is 3. The summed E-state index contributed by atoms with van der Waals surface area (Å²) in [4.78, 5) is 52.1. The molecule has 5 heterocycles. The first-order valence-corrected chi connectivity index (χ1v) is 21.5. The summed E-state index contributed by atoms with van der Waals surface area (Å²) in [5.41, 5.74) is 9.08. The monoisotopic (exact) mass is 816 g/mol. The summed E-state index contributed by atoms with van der Waals surface area (Å²) < 4.78 is 35.4. The highest BCUT2D eigenvalue weighted by molar-refractivity contribution is 7.10. The van der Waals surface area contributed by atoms with Crippen LogP contribution < -0.4 is 10.7 Å². The number of nitrogens with one attached hydrogen (secondary N) is 2. The number of alkyl halides is 1. The Morgan fingerprint density at radius 2 is 1.97 bits per heavy atom. The molecule has 2 N–H and O–H groups in total. The Kier molecular flexibility index (Phi) is 12.4. The maximum absolute atomic E-state index is 14.9. The summed E-state index contributed by atoms with van der Waals surface area (Å²) in [6.07, 6.45) is 0.921. The number of hydrazine groups is 1. The van der Waals surface area contributed by atoms with Gasteiger partial charge in [0.25, 0.3) is 5.91 Å². The molecule has 6 bridgehead atoms. The molecule has 7 rings (SSSR count). The summed E-state index contributed by atoms with van der Waals surface area (Å²) in [7, 11) is 1.68. The van der Waals surface area contributed by atoms with Crippen molar-refractivity contribution in [3.63, 3.8) is 0 Å². The van der Waals surface area contributed by atoms with Gasteiger partial charge in [-0.2, -0.15) is 0 Å². The van der Waals surface area contributed by atoms with Crippen LogP contribution >= 0.6 is 11.3 Å². The lowest BCUT2D eigenvalue weighted by Gasteiger charge is -2.37. The molecule has 4 aromatic rings. The van der Waals surface area contributed by atoms with Gasteiger partial charge in [0.15, 0.2) is 0 Å².